The van der Waals surface area contributed by atoms with E-state index in [-0.39, 0.29) is 17.4 Å². The van der Waals surface area contributed by atoms with Gasteiger partial charge in [0.15, 0.2) is 0 Å². The van der Waals surface area contributed by atoms with E-state index in [1.165, 1.54) is 12.1 Å². The van der Waals surface area contributed by atoms with E-state index in [4.69, 9.17) is 0 Å². The fourth-order valence-corrected chi connectivity index (χ4v) is 4.81. The molecule has 2 aromatic rings. The Labute approximate surface area is 139 Å². The highest BCUT2D eigenvalue weighted by atomic mass is 32.2. The Bertz CT molecular complexity index is 875. The highest BCUT2D eigenvalue weighted by Crippen LogP contribution is 2.54. The molecule has 130 valence electrons. The van der Waals surface area contributed by atoms with Gasteiger partial charge in [0.05, 0.1) is 11.4 Å². The van der Waals surface area contributed by atoms with Crippen molar-refractivity contribution in [3.05, 3.63) is 46.8 Å². The zero-order valence-corrected chi connectivity index (χ0v) is 14.5. The van der Waals surface area contributed by atoms with Crippen LogP contribution in [0.1, 0.15) is 30.3 Å². The van der Waals surface area contributed by atoms with Crippen LogP contribution in [0.5, 0.6) is 0 Å². The topological polar surface area (TPSA) is 74.8 Å². The second-order valence-corrected chi connectivity index (χ2v) is 8.18. The van der Waals surface area contributed by atoms with Gasteiger partial charge in [-0.3, -0.25) is 5.10 Å². The van der Waals surface area contributed by atoms with E-state index >= 15 is 0 Å². The molecule has 5 nitrogen and oxygen atoms in total. The normalized spacial score (nSPS) is 23.5. The Hall–Kier alpha value is -1.80. The molecule has 8 heteroatoms. The maximum Gasteiger partial charge on any atom is 0.244 e. The van der Waals surface area contributed by atoms with Crippen molar-refractivity contribution < 1.29 is 17.2 Å². The van der Waals surface area contributed by atoms with E-state index in [9.17, 15) is 17.2 Å². The van der Waals surface area contributed by atoms with E-state index < -0.39 is 27.1 Å². The number of nitrogens with one attached hydrogen (secondary N) is 2. The molecule has 0 radical (unpaired) electrons. The lowest BCUT2D eigenvalue weighted by Gasteiger charge is -2.19. The summed E-state index contributed by atoms with van der Waals surface area (Å²) in [7, 11) is -3.76. The summed E-state index contributed by atoms with van der Waals surface area (Å²) in [6.07, 6.45) is 0.640. The third kappa shape index (κ3) is 2.73. The van der Waals surface area contributed by atoms with Crippen molar-refractivity contribution in [2.75, 3.05) is 6.54 Å². The molecule has 1 fully saturated rings. The molecule has 1 aromatic carbocycles. The van der Waals surface area contributed by atoms with Crippen molar-refractivity contribution in [3.63, 3.8) is 0 Å². The number of aromatic nitrogens is 2. The van der Waals surface area contributed by atoms with Crippen LogP contribution < -0.4 is 4.72 Å². The summed E-state index contributed by atoms with van der Waals surface area (Å²) in [4.78, 5) is 0.116. The molecule has 1 aliphatic rings. The average molecular weight is 355 g/mol. The Morgan fingerprint density at radius 1 is 1.38 bits per heavy atom. The highest BCUT2D eigenvalue weighted by Gasteiger charge is 2.54. The van der Waals surface area contributed by atoms with E-state index in [2.05, 4.69) is 14.9 Å². The first-order chi connectivity index (χ1) is 11.2. The lowest BCUT2D eigenvalue weighted by molar-refractivity contribution is 0.518. The van der Waals surface area contributed by atoms with Crippen LogP contribution in [-0.4, -0.2) is 25.2 Å². The maximum atomic E-state index is 14.1. The fraction of sp³-hybridized carbons (Fsp3) is 0.438. The van der Waals surface area contributed by atoms with Gasteiger partial charge in [-0.25, -0.2) is 21.9 Å². The minimum Gasteiger partial charge on any atom is -0.281 e. The number of sulfonamides is 1. The zero-order chi connectivity index (χ0) is 17.7. The van der Waals surface area contributed by atoms with Crippen molar-refractivity contribution in [3.8, 4) is 0 Å². The van der Waals surface area contributed by atoms with Crippen LogP contribution >= 0.6 is 0 Å². The lowest BCUT2D eigenvalue weighted by atomic mass is 9.93. The molecular formula is C16H19F2N3O2S. The van der Waals surface area contributed by atoms with Crippen LogP contribution in [0.15, 0.2) is 23.1 Å². The number of aromatic amines is 1. The van der Waals surface area contributed by atoms with Gasteiger partial charge in [-0.1, -0.05) is 13.0 Å². The van der Waals surface area contributed by atoms with Crippen molar-refractivity contribution in [2.24, 2.45) is 5.92 Å². The molecule has 0 bridgehead atoms. The quantitative estimate of drug-likeness (QED) is 0.866. The van der Waals surface area contributed by atoms with Gasteiger partial charge in [0.2, 0.25) is 10.0 Å². The van der Waals surface area contributed by atoms with Crippen LogP contribution in [0, 0.1) is 31.4 Å². The number of H-pyrrole nitrogens is 1. The van der Waals surface area contributed by atoms with E-state index in [1.807, 2.05) is 6.92 Å². The molecule has 24 heavy (non-hydrogen) atoms. The van der Waals surface area contributed by atoms with Crippen LogP contribution in [0.25, 0.3) is 0 Å². The monoisotopic (exact) mass is 355 g/mol. The maximum absolute atomic E-state index is 14.1. The van der Waals surface area contributed by atoms with Gasteiger partial charge >= 0.3 is 0 Å². The predicted molar refractivity (Wildman–Crippen MR) is 85.1 cm³/mol. The molecule has 0 spiro atoms. The molecule has 1 aromatic heterocycles. The summed E-state index contributed by atoms with van der Waals surface area (Å²) in [6, 6.07) is 3.43. The molecule has 1 aliphatic carbocycles. The molecule has 3 rings (SSSR count). The van der Waals surface area contributed by atoms with Crippen LogP contribution in [0.3, 0.4) is 0 Å². The van der Waals surface area contributed by atoms with E-state index in [0.717, 1.165) is 6.07 Å². The number of hydrogen-bond donors (Lipinski definition) is 2. The van der Waals surface area contributed by atoms with Crippen LogP contribution in [-0.2, 0) is 15.4 Å². The van der Waals surface area contributed by atoms with Crippen molar-refractivity contribution >= 4 is 10.0 Å². The Kier molecular flexibility index (Phi) is 4.00. The molecule has 2 N–H and O–H groups in total. The largest absolute Gasteiger partial charge is 0.281 e. The average Bonchev–Trinajstić information content (AvgIpc) is 3.01. The van der Waals surface area contributed by atoms with Crippen molar-refractivity contribution in [2.45, 2.75) is 37.5 Å². The molecular weight excluding hydrogens is 336 g/mol. The molecule has 0 amide bonds. The Balaban J connectivity index is 1.87. The first-order valence-electron chi connectivity index (χ1n) is 7.64. The predicted octanol–water partition coefficient (Wildman–Crippen LogP) is 2.56. The van der Waals surface area contributed by atoms with E-state index in [1.54, 1.807) is 13.8 Å². The van der Waals surface area contributed by atoms with Crippen molar-refractivity contribution in [1.29, 1.82) is 0 Å². The summed E-state index contributed by atoms with van der Waals surface area (Å²) >= 11 is 0. The smallest absolute Gasteiger partial charge is 0.244 e. The number of benzene rings is 1. The summed E-state index contributed by atoms with van der Waals surface area (Å²) in [6.45, 7) is 5.21. The molecule has 2 unspecified atom stereocenters. The number of nitrogens with zero attached hydrogens (tertiary/aromatic N) is 1. The fourth-order valence-electron chi connectivity index (χ4n) is 3.33. The molecule has 0 saturated heterocycles. The number of rotatable bonds is 5. The standard InChI is InChI=1S/C16H19F2N3O2S/c1-9-7-16(9,13-5-4-12(17)6-14(13)18)8-19-24(22,23)15-10(2)20-21-11(15)3/h4-6,9,19H,7-8H2,1-3H3,(H,20,21). The van der Waals surface area contributed by atoms with Crippen molar-refractivity contribution in [1.82, 2.24) is 14.9 Å². The SMILES string of the molecule is Cc1n[nH]c(C)c1S(=O)(=O)NCC1(c2ccc(F)cc2F)CC1C. The third-order valence-corrected chi connectivity index (χ3v) is 6.49. The second-order valence-electron chi connectivity index (χ2n) is 6.47. The highest BCUT2D eigenvalue weighted by molar-refractivity contribution is 7.89. The third-order valence-electron chi connectivity index (χ3n) is 4.83. The van der Waals surface area contributed by atoms with Gasteiger partial charge in [0.25, 0.3) is 0 Å². The number of halogens is 2. The minimum absolute atomic E-state index is 0.0586. The molecule has 0 aliphatic heterocycles. The zero-order valence-electron chi connectivity index (χ0n) is 13.7. The Morgan fingerprint density at radius 2 is 2.04 bits per heavy atom. The summed E-state index contributed by atoms with van der Waals surface area (Å²) in [5.74, 6) is -1.19. The van der Waals surface area contributed by atoms with Gasteiger partial charge in [-0.2, -0.15) is 5.10 Å². The first kappa shape index (κ1) is 17.0. The van der Waals surface area contributed by atoms with Gasteiger partial charge < -0.3 is 0 Å². The lowest BCUT2D eigenvalue weighted by Crippen LogP contribution is -2.34. The summed E-state index contributed by atoms with van der Waals surface area (Å²) in [5.41, 5.74) is 0.535. The van der Waals surface area contributed by atoms with Crippen LogP contribution in [0.4, 0.5) is 8.78 Å². The first-order valence-corrected chi connectivity index (χ1v) is 9.12. The van der Waals surface area contributed by atoms with Gasteiger partial charge in [-0.05, 0) is 37.8 Å². The van der Waals surface area contributed by atoms with Gasteiger partial charge in [0.1, 0.15) is 16.5 Å². The molecule has 2 atom stereocenters. The van der Waals surface area contributed by atoms with E-state index in [0.29, 0.717) is 23.4 Å². The Morgan fingerprint density at radius 3 is 2.54 bits per heavy atom. The minimum atomic E-state index is -3.76. The number of aryl methyl sites for hydroxylation is 2. The van der Waals surface area contributed by atoms with Gasteiger partial charge in [0, 0.05) is 18.0 Å². The molecule has 1 heterocycles. The second kappa shape index (κ2) is 5.63. The summed E-state index contributed by atoms with van der Waals surface area (Å²) in [5, 5.41) is 6.53. The summed E-state index contributed by atoms with van der Waals surface area (Å²) < 4.78 is 55.0. The molecule has 1 saturated carbocycles. The van der Waals surface area contributed by atoms with Gasteiger partial charge in [-0.15, -0.1) is 0 Å². The van der Waals surface area contributed by atoms with Crippen LogP contribution in [0.2, 0.25) is 0 Å². The number of hydrogen-bond acceptors (Lipinski definition) is 3.